The van der Waals surface area contributed by atoms with E-state index in [2.05, 4.69) is 33.6 Å². The Morgan fingerprint density at radius 1 is 1.39 bits per heavy atom. The van der Waals surface area contributed by atoms with Crippen molar-refractivity contribution in [3.8, 4) is 0 Å². The summed E-state index contributed by atoms with van der Waals surface area (Å²) in [5.41, 5.74) is 0. The van der Waals surface area contributed by atoms with E-state index in [4.69, 9.17) is 0 Å². The number of likely N-dealkylation sites (tertiary alicyclic amines) is 1. The third-order valence-corrected chi connectivity index (χ3v) is 3.91. The van der Waals surface area contributed by atoms with Crippen molar-refractivity contribution in [1.82, 2.24) is 19.8 Å². The van der Waals surface area contributed by atoms with E-state index in [1.807, 2.05) is 12.4 Å². The lowest BCUT2D eigenvalue weighted by Gasteiger charge is -2.30. The van der Waals surface area contributed by atoms with Crippen LogP contribution >= 0.6 is 0 Å². The van der Waals surface area contributed by atoms with Gasteiger partial charge in [-0.3, -0.25) is 0 Å². The fraction of sp³-hybridized carbons (Fsp3) is 0.786. The molecule has 0 saturated carbocycles. The number of piperidine rings is 1. The van der Waals surface area contributed by atoms with Crippen molar-refractivity contribution in [3.63, 3.8) is 0 Å². The van der Waals surface area contributed by atoms with Crippen LogP contribution in [0.15, 0.2) is 12.4 Å². The summed E-state index contributed by atoms with van der Waals surface area (Å²) in [6.45, 7) is 11.2. The fourth-order valence-electron chi connectivity index (χ4n) is 2.52. The number of aromatic nitrogens is 2. The topological polar surface area (TPSA) is 33.1 Å². The molecule has 1 aromatic heterocycles. The van der Waals surface area contributed by atoms with Crippen molar-refractivity contribution in [2.24, 2.45) is 5.92 Å². The smallest absolute Gasteiger partial charge is 0.122 e. The van der Waals surface area contributed by atoms with Gasteiger partial charge >= 0.3 is 0 Å². The molecule has 0 aromatic carbocycles. The summed E-state index contributed by atoms with van der Waals surface area (Å²) in [5.74, 6) is 2.07. The Morgan fingerprint density at radius 2 is 2.17 bits per heavy atom. The minimum atomic E-state index is 0.880. The summed E-state index contributed by atoms with van der Waals surface area (Å²) >= 11 is 0. The molecule has 0 aliphatic carbocycles. The molecule has 1 N–H and O–H groups in total. The van der Waals surface area contributed by atoms with E-state index in [1.165, 1.54) is 32.5 Å². The van der Waals surface area contributed by atoms with Gasteiger partial charge in [0.15, 0.2) is 0 Å². The van der Waals surface area contributed by atoms with Crippen LogP contribution < -0.4 is 5.32 Å². The number of rotatable bonds is 6. The van der Waals surface area contributed by atoms with Gasteiger partial charge in [-0.15, -0.1) is 0 Å². The molecule has 102 valence electrons. The normalized spacial score (nSPS) is 18.3. The second-order valence-electron chi connectivity index (χ2n) is 5.33. The Bertz CT molecular complexity index is 339. The highest BCUT2D eigenvalue weighted by molar-refractivity contribution is 4.91. The van der Waals surface area contributed by atoms with Crippen molar-refractivity contribution in [2.45, 2.75) is 39.8 Å². The number of imidazole rings is 1. The Hall–Kier alpha value is -0.870. The molecule has 1 aromatic rings. The molecule has 0 bridgehead atoms. The Kier molecular flexibility index (Phi) is 5.20. The molecule has 0 radical (unpaired) electrons. The highest BCUT2D eigenvalue weighted by Crippen LogP contribution is 2.15. The van der Waals surface area contributed by atoms with Gasteiger partial charge in [-0.1, -0.05) is 6.92 Å². The lowest BCUT2D eigenvalue weighted by atomic mass is 9.99. The molecule has 1 aliphatic heterocycles. The van der Waals surface area contributed by atoms with Crippen molar-refractivity contribution in [2.75, 3.05) is 26.2 Å². The van der Waals surface area contributed by atoms with Gasteiger partial charge in [0.2, 0.25) is 0 Å². The Balaban J connectivity index is 1.61. The highest BCUT2D eigenvalue weighted by atomic mass is 15.1. The zero-order valence-electron chi connectivity index (χ0n) is 11.7. The average Bonchev–Trinajstić information content (AvgIpc) is 2.84. The number of hydrogen-bond acceptors (Lipinski definition) is 3. The third kappa shape index (κ3) is 3.82. The summed E-state index contributed by atoms with van der Waals surface area (Å²) in [6.07, 6.45) is 6.65. The number of nitrogens with one attached hydrogen (secondary N) is 1. The van der Waals surface area contributed by atoms with Crippen LogP contribution in [0.25, 0.3) is 0 Å². The van der Waals surface area contributed by atoms with Gasteiger partial charge in [-0.05, 0) is 38.8 Å². The molecule has 2 rings (SSSR count). The number of nitrogens with zero attached hydrogens (tertiary/aromatic N) is 3. The Labute approximate surface area is 110 Å². The summed E-state index contributed by atoms with van der Waals surface area (Å²) in [7, 11) is 0. The Morgan fingerprint density at radius 3 is 2.89 bits per heavy atom. The predicted molar refractivity (Wildman–Crippen MR) is 74.4 cm³/mol. The SMILES string of the molecule is CCn1ccnc1CNCCN1CCC(C)CC1. The average molecular weight is 250 g/mol. The molecule has 1 fully saturated rings. The second-order valence-corrected chi connectivity index (χ2v) is 5.33. The monoisotopic (exact) mass is 250 g/mol. The molecule has 4 nitrogen and oxygen atoms in total. The standard InChI is InChI=1S/C14H26N4/c1-3-18-11-7-16-14(18)12-15-6-10-17-8-4-13(2)5-9-17/h7,11,13,15H,3-6,8-10,12H2,1-2H3. The van der Waals surface area contributed by atoms with Gasteiger partial charge in [-0.25, -0.2) is 4.98 Å². The molecule has 1 saturated heterocycles. The molecule has 0 spiro atoms. The maximum absolute atomic E-state index is 4.37. The largest absolute Gasteiger partial charge is 0.334 e. The van der Waals surface area contributed by atoms with E-state index >= 15 is 0 Å². The molecular formula is C14H26N4. The van der Waals surface area contributed by atoms with Gasteiger partial charge in [-0.2, -0.15) is 0 Å². The van der Waals surface area contributed by atoms with Crippen LogP contribution in [0.1, 0.15) is 32.5 Å². The first-order chi connectivity index (χ1) is 8.79. The number of hydrogen-bond donors (Lipinski definition) is 1. The second kappa shape index (κ2) is 6.90. The molecule has 4 heteroatoms. The van der Waals surface area contributed by atoms with Crippen LogP contribution in [0, 0.1) is 5.92 Å². The lowest BCUT2D eigenvalue weighted by Crippen LogP contribution is -2.37. The summed E-state index contributed by atoms with van der Waals surface area (Å²) in [5, 5.41) is 3.50. The predicted octanol–water partition coefficient (Wildman–Crippen LogP) is 1.72. The van der Waals surface area contributed by atoms with Gasteiger partial charge in [0.1, 0.15) is 5.82 Å². The minimum Gasteiger partial charge on any atom is -0.334 e. The first-order valence-corrected chi connectivity index (χ1v) is 7.22. The van der Waals surface area contributed by atoms with Crippen LogP contribution in [-0.4, -0.2) is 40.6 Å². The first-order valence-electron chi connectivity index (χ1n) is 7.22. The summed E-state index contributed by atoms with van der Waals surface area (Å²) in [6, 6.07) is 0. The fourth-order valence-corrected chi connectivity index (χ4v) is 2.52. The van der Waals surface area contributed by atoms with E-state index in [9.17, 15) is 0 Å². The minimum absolute atomic E-state index is 0.880. The van der Waals surface area contributed by atoms with Crippen LogP contribution in [0.4, 0.5) is 0 Å². The van der Waals surface area contributed by atoms with E-state index < -0.39 is 0 Å². The molecule has 1 aliphatic rings. The molecule has 0 amide bonds. The van der Waals surface area contributed by atoms with E-state index in [1.54, 1.807) is 0 Å². The van der Waals surface area contributed by atoms with Gasteiger partial charge in [0, 0.05) is 32.0 Å². The molecule has 18 heavy (non-hydrogen) atoms. The maximum Gasteiger partial charge on any atom is 0.122 e. The summed E-state index contributed by atoms with van der Waals surface area (Å²) in [4.78, 5) is 6.94. The zero-order valence-corrected chi connectivity index (χ0v) is 11.7. The van der Waals surface area contributed by atoms with Crippen molar-refractivity contribution >= 4 is 0 Å². The maximum atomic E-state index is 4.37. The van der Waals surface area contributed by atoms with Crippen molar-refractivity contribution in [3.05, 3.63) is 18.2 Å². The van der Waals surface area contributed by atoms with Gasteiger partial charge < -0.3 is 14.8 Å². The molecule has 2 heterocycles. The van der Waals surface area contributed by atoms with Crippen LogP contribution in [-0.2, 0) is 13.1 Å². The van der Waals surface area contributed by atoms with E-state index in [0.717, 1.165) is 31.4 Å². The molecular weight excluding hydrogens is 224 g/mol. The van der Waals surface area contributed by atoms with E-state index in [-0.39, 0.29) is 0 Å². The highest BCUT2D eigenvalue weighted by Gasteiger charge is 2.14. The van der Waals surface area contributed by atoms with Crippen LogP contribution in [0.5, 0.6) is 0 Å². The third-order valence-electron chi connectivity index (χ3n) is 3.91. The van der Waals surface area contributed by atoms with Crippen molar-refractivity contribution in [1.29, 1.82) is 0 Å². The molecule has 0 atom stereocenters. The van der Waals surface area contributed by atoms with Crippen LogP contribution in [0.2, 0.25) is 0 Å². The van der Waals surface area contributed by atoms with Gasteiger partial charge in [0.25, 0.3) is 0 Å². The zero-order chi connectivity index (χ0) is 12.8. The molecule has 0 unspecified atom stereocenters. The summed E-state index contributed by atoms with van der Waals surface area (Å²) < 4.78 is 2.19. The quantitative estimate of drug-likeness (QED) is 0.781. The van der Waals surface area contributed by atoms with Crippen molar-refractivity contribution < 1.29 is 0 Å². The van der Waals surface area contributed by atoms with Gasteiger partial charge in [0.05, 0.1) is 6.54 Å². The van der Waals surface area contributed by atoms with E-state index in [0.29, 0.717) is 0 Å². The lowest BCUT2D eigenvalue weighted by molar-refractivity contribution is 0.193. The first kappa shape index (κ1) is 13.6. The number of aryl methyl sites for hydroxylation is 1. The van der Waals surface area contributed by atoms with Crippen LogP contribution in [0.3, 0.4) is 0 Å².